The molecule has 0 unspecified atom stereocenters. The minimum absolute atomic E-state index is 0.168. The van der Waals surface area contributed by atoms with E-state index in [1.165, 1.54) is 11.6 Å². The molecule has 1 saturated heterocycles. The van der Waals surface area contributed by atoms with Crippen molar-refractivity contribution < 1.29 is 4.39 Å². The highest BCUT2D eigenvalue weighted by Gasteiger charge is 2.26. The molecule has 0 atom stereocenters. The van der Waals surface area contributed by atoms with E-state index >= 15 is 0 Å². The molecule has 16 heavy (non-hydrogen) atoms. The molecule has 2 N–H and O–H groups in total. The van der Waals surface area contributed by atoms with Gasteiger partial charge in [0, 0.05) is 12.6 Å². The Bertz CT molecular complexity index is 388. The third-order valence-corrected chi connectivity index (χ3v) is 3.43. The molecule has 0 spiro atoms. The van der Waals surface area contributed by atoms with Gasteiger partial charge in [0.15, 0.2) is 0 Å². The monoisotopic (exact) mass is 221 g/mol. The molecule has 1 aromatic rings. The minimum Gasteiger partial charge on any atom is -0.318 e. The fraction of sp³-hybridized carbons (Fsp3) is 0.500. The van der Waals surface area contributed by atoms with Crippen LogP contribution >= 0.6 is 0 Å². The average Bonchev–Trinajstić information content (AvgIpc) is 2.73. The van der Waals surface area contributed by atoms with Gasteiger partial charge in [-0.15, -0.1) is 0 Å². The summed E-state index contributed by atoms with van der Waals surface area (Å²) in [5.41, 5.74) is 5.43. The Kier molecular flexibility index (Phi) is 2.53. The molecule has 3 nitrogen and oxygen atoms in total. The van der Waals surface area contributed by atoms with Crippen LogP contribution in [0, 0.1) is 5.82 Å². The number of piperidine rings is 1. The summed E-state index contributed by atoms with van der Waals surface area (Å²) in [7, 11) is 0. The number of hydrogen-bond acceptors (Lipinski definition) is 3. The van der Waals surface area contributed by atoms with Crippen LogP contribution < -0.4 is 10.7 Å². The van der Waals surface area contributed by atoms with E-state index in [0.717, 1.165) is 38.2 Å². The third-order valence-electron chi connectivity index (χ3n) is 3.43. The SMILES string of the molecule is Fc1ccc2c(c1)NN(C1CCNCC1)C2. The van der Waals surface area contributed by atoms with Crippen LogP contribution in [0.25, 0.3) is 0 Å². The quantitative estimate of drug-likeness (QED) is 0.756. The zero-order chi connectivity index (χ0) is 11.0. The van der Waals surface area contributed by atoms with Crippen LogP contribution in [-0.2, 0) is 6.54 Å². The molecule has 0 aliphatic carbocycles. The van der Waals surface area contributed by atoms with Crippen molar-refractivity contribution in [1.29, 1.82) is 0 Å². The highest BCUT2D eigenvalue weighted by molar-refractivity contribution is 5.53. The molecule has 2 aliphatic rings. The number of nitrogens with one attached hydrogen (secondary N) is 2. The molecule has 1 fully saturated rings. The van der Waals surface area contributed by atoms with Gasteiger partial charge in [-0.25, -0.2) is 9.40 Å². The summed E-state index contributed by atoms with van der Waals surface area (Å²) in [5, 5.41) is 5.60. The number of fused-ring (bicyclic) bond motifs is 1. The maximum absolute atomic E-state index is 13.1. The third kappa shape index (κ3) is 1.79. The molecule has 86 valence electrons. The van der Waals surface area contributed by atoms with E-state index in [1.807, 2.05) is 6.07 Å². The minimum atomic E-state index is -0.168. The van der Waals surface area contributed by atoms with Crippen LogP contribution in [0.2, 0.25) is 0 Å². The zero-order valence-corrected chi connectivity index (χ0v) is 9.17. The van der Waals surface area contributed by atoms with E-state index in [1.54, 1.807) is 6.07 Å². The Morgan fingerprint density at radius 3 is 2.88 bits per heavy atom. The van der Waals surface area contributed by atoms with Gasteiger partial charge in [0.25, 0.3) is 0 Å². The standard InChI is InChI=1S/C12H16FN3/c13-10-2-1-9-8-16(15-12(9)7-10)11-3-5-14-6-4-11/h1-2,7,11,14-15H,3-6,8H2. The highest BCUT2D eigenvalue weighted by Crippen LogP contribution is 2.28. The molecular formula is C12H16FN3. The predicted octanol–water partition coefficient (Wildman–Crippen LogP) is 1.72. The summed E-state index contributed by atoms with van der Waals surface area (Å²) in [6.45, 7) is 3.04. The van der Waals surface area contributed by atoms with E-state index in [9.17, 15) is 4.39 Å². The van der Waals surface area contributed by atoms with Crippen molar-refractivity contribution in [3.05, 3.63) is 29.6 Å². The average molecular weight is 221 g/mol. The summed E-state index contributed by atoms with van der Waals surface area (Å²) in [5.74, 6) is -0.168. The van der Waals surface area contributed by atoms with Gasteiger partial charge in [0.2, 0.25) is 0 Å². The molecule has 4 heteroatoms. The second kappa shape index (κ2) is 4.03. The molecule has 0 amide bonds. The second-order valence-electron chi connectivity index (χ2n) is 4.52. The molecule has 0 bridgehead atoms. The van der Waals surface area contributed by atoms with Gasteiger partial charge in [-0.1, -0.05) is 6.07 Å². The molecule has 0 aromatic heterocycles. The lowest BCUT2D eigenvalue weighted by atomic mass is 10.1. The van der Waals surface area contributed by atoms with Crippen molar-refractivity contribution in [3.63, 3.8) is 0 Å². The number of halogens is 1. The van der Waals surface area contributed by atoms with Crippen molar-refractivity contribution in [2.75, 3.05) is 18.5 Å². The first-order valence-corrected chi connectivity index (χ1v) is 5.85. The van der Waals surface area contributed by atoms with Crippen molar-refractivity contribution in [2.45, 2.75) is 25.4 Å². The van der Waals surface area contributed by atoms with Crippen LogP contribution in [0.4, 0.5) is 10.1 Å². The molecule has 2 aliphatic heterocycles. The first kappa shape index (κ1) is 10.1. The predicted molar refractivity (Wildman–Crippen MR) is 61.5 cm³/mol. The van der Waals surface area contributed by atoms with Crippen LogP contribution in [-0.4, -0.2) is 24.1 Å². The van der Waals surface area contributed by atoms with Gasteiger partial charge < -0.3 is 10.7 Å². The van der Waals surface area contributed by atoms with Gasteiger partial charge in [-0.3, -0.25) is 0 Å². The number of nitrogens with zero attached hydrogens (tertiary/aromatic N) is 1. The molecule has 3 rings (SSSR count). The van der Waals surface area contributed by atoms with E-state index in [0.29, 0.717) is 6.04 Å². The van der Waals surface area contributed by atoms with Gasteiger partial charge in [-0.2, -0.15) is 0 Å². The number of hydrazine groups is 1. The van der Waals surface area contributed by atoms with Gasteiger partial charge in [0.05, 0.1) is 5.69 Å². The van der Waals surface area contributed by atoms with Crippen molar-refractivity contribution in [3.8, 4) is 0 Å². The zero-order valence-electron chi connectivity index (χ0n) is 9.17. The Hall–Kier alpha value is -1.13. The molecule has 0 saturated carbocycles. The lowest BCUT2D eigenvalue weighted by molar-refractivity contribution is 0.201. The Labute approximate surface area is 94.6 Å². The maximum Gasteiger partial charge on any atom is 0.125 e. The summed E-state index contributed by atoms with van der Waals surface area (Å²) in [4.78, 5) is 0. The van der Waals surface area contributed by atoms with E-state index < -0.39 is 0 Å². The highest BCUT2D eigenvalue weighted by atomic mass is 19.1. The second-order valence-corrected chi connectivity index (χ2v) is 4.52. The van der Waals surface area contributed by atoms with Crippen LogP contribution in [0.5, 0.6) is 0 Å². The van der Waals surface area contributed by atoms with Crippen LogP contribution in [0.15, 0.2) is 18.2 Å². The number of benzene rings is 1. The fourth-order valence-corrected chi connectivity index (χ4v) is 2.51. The lowest BCUT2D eigenvalue weighted by Crippen LogP contribution is -2.43. The van der Waals surface area contributed by atoms with E-state index in [2.05, 4.69) is 15.8 Å². The van der Waals surface area contributed by atoms with Crippen molar-refractivity contribution in [2.24, 2.45) is 0 Å². The first-order chi connectivity index (χ1) is 7.83. The normalized spacial score (nSPS) is 21.8. The molecule has 2 heterocycles. The van der Waals surface area contributed by atoms with Gasteiger partial charge >= 0.3 is 0 Å². The largest absolute Gasteiger partial charge is 0.318 e. The summed E-state index contributed by atoms with van der Waals surface area (Å²) < 4.78 is 13.1. The Morgan fingerprint density at radius 2 is 2.06 bits per heavy atom. The number of rotatable bonds is 1. The molecule has 1 aromatic carbocycles. The van der Waals surface area contributed by atoms with Crippen LogP contribution in [0.3, 0.4) is 0 Å². The fourth-order valence-electron chi connectivity index (χ4n) is 2.51. The van der Waals surface area contributed by atoms with Crippen molar-refractivity contribution in [1.82, 2.24) is 10.3 Å². The number of hydrogen-bond donors (Lipinski definition) is 2. The van der Waals surface area contributed by atoms with Crippen molar-refractivity contribution >= 4 is 5.69 Å². The topological polar surface area (TPSA) is 27.3 Å². The molecule has 0 radical (unpaired) electrons. The van der Waals surface area contributed by atoms with Gasteiger partial charge in [0.1, 0.15) is 5.82 Å². The maximum atomic E-state index is 13.1. The summed E-state index contributed by atoms with van der Waals surface area (Å²) in [6, 6.07) is 5.55. The Balaban J connectivity index is 1.74. The van der Waals surface area contributed by atoms with E-state index in [-0.39, 0.29) is 5.82 Å². The lowest BCUT2D eigenvalue weighted by Gasteiger charge is -2.31. The Morgan fingerprint density at radius 1 is 1.25 bits per heavy atom. The molecular weight excluding hydrogens is 205 g/mol. The smallest absolute Gasteiger partial charge is 0.125 e. The number of anilines is 1. The first-order valence-electron chi connectivity index (χ1n) is 5.85. The summed E-state index contributed by atoms with van der Waals surface area (Å²) in [6.07, 6.45) is 2.31. The van der Waals surface area contributed by atoms with E-state index in [4.69, 9.17) is 0 Å². The summed E-state index contributed by atoms with van der Waals surface area (Å²) >= 11 is 0. The van der Waals surface area contributed by atoms with Crippen LogP contribution in [0.1, 0.15) is 18.4 Å². The van der Waals surface area contributed by atoms with Gasteiger partial charge in [-0.05, 0) is 43.6 Å².